The molecule has 2 heterocycles. The number of aromatic amines is 1. The minimum absolute atomic E-state index is 0.122. The molecule has 2 N–H and O–H groups in total. The first-order valence-corrected chi connectivity index (χ1v) is 6.56. The van der Waals surface area contributed by atoms with Crippen LogP contribution in [0.3, 0.4) is 0 Å². The fourth-order valence-electron chi connectivity index (χ4n) is 2.61. The van der Waals surface area contributed by atoms with Crippen molar-refractivity contribution < 1.29 is 0 Å². The summed E-state index contributed by atoms with van der Waals surface area (Å²) < 4.78 is 0. The molecule has 0 spiro atoms. The van der Waals surface area contributed by atoms with Crippen LogP contribution in [0.5, 0.6) is 0 Å². The van der Waals surface area contributed by atoms with Gasteiger partial charge in [-0.15, -0.1) is 0 Å². The van der Waals surface area contributed by atoms with Gasteiger partial charge in [0.25, 0.3) is 0 Å². The summed E-state index contributed by atoms with van der Waals surface area (Å²) >= 11 is 6.18. The van der Waals surface area contributed by atoms with Gasteiger partial charge < -0.3 is 10.2 Å². The van der Waals surface area contributed by atoms with Crippen molar-refractivity contribution >= 4 is 28.2 Å². The first-order chi connectivity index (χ1) is 8.55. The van der Waals surface area contributed by atoms with Crippen LogP contribution in [0.25, 0.3) is 10.9 Å². The van der Waals surface area contributed by atoms with E-state index in [4.69, 9.17) is 11.6 Å². The Morgan fingerprint density at radius 3 is 3.00 bits per heavy atom. The summed E-state index contributed by atoms with van der Waals surface area (Å²) in [5, 5.41) is 12.5. The van der Waals surface area contributed by atoms with E-state index in [-0.39, 0.29) is 5.54 Å². The van der Waals surface area contributed by atoms with Crippen molar-refractivity contribution in [2.75, 3.05) is 24.5 Å². The van der Waals surface area contributed by atoms with Gasteiger partial charge in [0.15, 0.2) is 0 Å². The van der Waals surface area contributed by atoms with Crippen molar-refractivity contribution in [1.82, 2.24) is 15.5 Å². The number of nitrogens with zero attached hydrogens (tertiary/aromatic N) is 2. The molecule has 0 atom stereocenters. The Morgan fingerprint density at radius 1 is 1.39 bits per heavy atom. The van der Waals surface area contributed by atoms with E-state index >= 15 is 0 Å². The van der Waals surface area contributed by atoms with Crippen LogP contribution in [-0.4, -0.2) is 35.4 Å². The number of aromatic nitrogens is 2. The molecule has 5 heteroatoms. The molecule has 1 aliphatic heterocycles. The number of piperazine rings is 1. The fourth-order valence-corrected chi connectivity index (χ4v) is 2.82. The van der Waals surface area contributed by atoms with Gasteiger partial charge in [0, 0.05) is 41.3 Å². The molecule has 1 aromatic carbocycles. The number of fused-ring (bicyclic) bond motifs is 1. The van der Waals surface area contributed by atoms with Crippen LogP contribution in [0.2, 0.25) is 5.02 Å². The highest BCUT2D eigenvalue weighted by atomic mass is 35.5. The molecule has 4 nitrogen and oxygen atoms in total. The molecule has 1 aliphatic rings. The molecule has 0 bridgehead atoms. The first kappa shape index (κ1) is 11.8. The van der Waals surface area contributed by atoms with Crippen molar-refractivity contribution in [3.05, 3.63) is 23.4 Å². The number of H-pyrrole nitrogens is 1. The van der Waals surface area contributed by atoms with Crippen molar-refractivity contribution in [3.8, 4) is 0 Å². The Hall–Kier alpha value is -1.26. The van der Waals surface area contributed by atoms with Gasteiger partial charge in [0.05, 0.1) is 11.7 Å². The lowest BCUT2D eigenvalue weighted by molar-refractivity contribution is 0.353. The largest absolute Gasteiger partial charge is 0.368 e. The zero-order chi connectivity index (χ0) is 12.8. The van der Waals surface area contributed by atoms with Crippen molar-refractivity contribution in [2.45, 2.75) is 19.4 Å². The molecule has 1 fully saturated rings. The average Bonchev–Trinajstić information content (AvgIpc) is 2.74. The number of benzene rings is 1. The highest BCUT2D eigenvalue weighted by Gasteiger charge is 2.26. The van der Waals surface area contributed by atoms with Gasteiger partial charge in [-0.05, 0) is 26.0 Å². The second kappa shape index (κ2) is 4.14. The summed E-state index contributed by atoms with van der Waals surface area (Å²) in [5.74, 6) is 0. The molecule has 0 amide bonds. The Kier molecular flexibility index (Phi) is 2.72. The molecule has 1 aromatic heterocycles. The van der Waals surface area contributed by atoms with E-state index in [1.165, 1.54) is 5.69 Å². The van der Waals surface area contributed by atoms with Crippen LogP contribution >= 0.6 is 11.6 Å². The van der Waals surface area contributed by atoms with Gasteiger partial charge in [-0.3, -0.25) is 5.10 Å². The van der Waals surface area contributed by atoms with E-state index in [9.17, 15) is 0 Å². The van der Waals surface area contributed by atoms with E-state index in [1.54, 1.807) is 0 Å². The molecule has 0 unspecified atom stereocenters. The van der Waals surface area contributed by atoms with Crippen molar-refractivity contribution in [2.24, 2.45) is 0 Å². The molecule has 18 heavy (non-hydrogen) atoms. The minimum atomic E-state index is 0.122. The Labute approximate surface area is 111 Å². The van der Waals surface area contributed by atoms with Crippen molar-refractivity contribution in [1.29, 1.82) is 0 Å². The minimum Gasteiger partial charge on any atom is -0.368 e. The highest BCUT2D eigenvalue weighted by Crippen LogP contribution is 2.31. The molecule has 3 rings (SSSR count). The molecule has 1 saturated heterocycles. The molecular weight excluding hydrogens is 248 g/mol. The lowest BCUT2D eigenvalue weighted by Crippen LogP contribution is -2.57. The summed E-state index contributed by atoms with van der Waals surface area (Å²) in [4.78, 5) is 2.38. The predicted molar refractivity (Wildman–Crippen MR) is 75.4 cm³/mol. The third-order valence-electron chi connectivity index (χ3n) is 3.41. The summed E-state index contributed by atoms with van der Waals surface area (Å²) in [5.41, 5.74) is 2.28. The summed E-state index contributed by atoms with van der Waals surface area (Å²) in [6, 6.07) is 3.95. The second-order valence-electron chi connectivity index (χ2n) is 5.49. The van der Waals surface area contributed by atoms with E-state index in [1.807, 2.05) is 18.3 Å². The standard InChI is InChI=1S/C13H17ClN4/c1-13(2)8-18(4-3-15-13)12-6-9(14)5-11-10(12)7-16-17-11/h5-7,15H,3-4,8H2,1-2H3,(H,16,17). The monoisotopic (exact) mass is 264 g/mol. The average molecular weight is 265 g/mol. The smallest absolute Gasteiger partial charge is 0.0686 e. The molecule has 0 aliphatic carbocycles. The van der Waals surface area contributed by atoms with Gasteiger partial charge in [0.1, 0.15) is 0 Å². The van der Waals surface area contributed by atoms with E-state index < -0.39 is 0 Å². The topological polar surface area (TPSA) is 44.0 Å². The van der Waals surface area contributed by atoms with Crippen LogP contribution in [0.15, 0.2) is 18.3 Å². The van der Waals surface area contributed by atoms with Crippen LogP contribution < -0.4 is 10.2 Å². The first-order valence-electron chi connectivity index (χ1n) is 6.18. The van der Waals surface area contributed by atoms with E-state index in [0.29, 0.717) is 0 Å². The fraction of sp³-hybridized carbons (Fsp3) is 0.462. The second-order valence-corrected chi connectivity index (χ2v) is 5.92. The van der Waals surface area contributed by atoms with Crippen LogP contribution in [-0.2, 0) is 0 Å². The molecule has 2 aromatic rings. The maximum absolute atomic E-state index is 6.18. The summed E-state index contributed by atoms with van der Waals surface area (Å²) in [6.07, 6.45) is 1.87. The molecule has 96 valence electrons. The zero-order valence-electron chi connectivity index (χ0n) is 10.6. The van der Waals surface area contributed by atoms with Gasteiger partial charge in [-0.1, -0.05) is 11.6 Å². The van der Waals surface area contributed by atoms with Crippen molar-refractivity contribution in [3.63, 3.8) is 0 Å². The van der Waals surface area contributed by atoms with Gasteiger partial charge in [-0.25, -0.2) is 0 Å². The third kappa shape index (κ3) is 2.06. The highest BCUT2D eigenvalue weighted by molar-refractivity contribution is 6.31. The summed E-state index contributed by atoms with van der Waals surface area (Å²) in [6.45, 7) is 7.38. The quantitative estimate of drug-likeness (QED) is 0.831. The predicted octanol–water partition coefficient (Wildman–Crippen LogP) is 2.40. The van der Waals surface area contributed by atoms with Gasteiger partial charge >= 0.3 is 0 Å². The van der Waals surface area contributed by atoms with Crippen LogP contribution in [0, 0.1) is 0 Å². The van der Waals surface area contributed by atoms with Crippen LogP contribution in [0.1, 0.15) is 13.8 Å². The lowest BCUT2D eigenvalue weighted by atomic mass is 10.0. The Balaban J connectivity index is 2.05. The zero-order valence-corrected chi connectivity index (χ0v) is 11.4. The maximum Gasteiger partial charge on any atom is 0.0686 e. The van der Waals surface area contributed by atoms with Gasteiger partial charge in [0.2, 0.25) is 0 Å². The Bertz CT molecular complexity index is 575. The number of nitrogens with one attached hydrogen (secondary N) is 2. The normalized spacial score (nSPS) is 19.4. The number of rotatable bonds is 1. The lowest BCUT2D eigenvalue weighted by Gasteiger charge is -2.40. The number of anilines is 1. The number of halogens is 1. The molecule has 0 saturated carbocycles. The number of hydrogen-bond acceptors (Lipinski definition) is 3. The number of hydrogen-bond donors (Lipinski definition) is 2. The van der Waals surface area contributed by atoms with E-state index in [0.717, 1.165) is 35.6 Å². The Morgan fingerprint density at radius 2 is 2.22 bits per heavy atom. The maximum atomic E-state index is 6.18. The molecular formula is C13H17ClN4. The van der Waals surface area contributed by atoms with Crippen LogP contribution in [0.4, 0.5) is 5.69 Å². The van der Waals surface area contributed by atoms with Gasteiger partial charge in [-0.2, -0.15) is 5.10 Å². The SMILES string of the molecule is CC1(C)CN(c2cc(Cl)cc3[nH]ncc23)CCN1. The molecule has 0 radical (unpaired) electrons. The van der Waals surface area contributed by atoms with E-state index in [2.05, 4.69) is 34.3 Å². The summed E-state index contributed by atoms with van der Waals surface area (Å²) in [7, 11) is 0. The third-order valence-corrected chi connectivity index (χ3v) is 3.63.